The molecule has 0 unspecified atom stereocenters. The van der Waals surface area contributed by atoms with Gasteiger partial charge in [0, 0.05) is 6.07 Å². The topological polar surface area (TPSA) is 112 Å². The third-order valence-electron chi connectivity index (χ3n) is 4.18. The molecule has 33 heavy (non-hydrogen) atoms. The van der Waals surface area contributed by atoms with Crippen molar-refractivity contribution in [2.45, 2.75) is 13.1 Å². The van der Waals surface area contributed by atoms with Gasteiger partial charge in [-0.25, -0.2) is 9.48 Å². The normalized spacial score (nSPS) is 11.4. The van der Waals surface area contributed by atoms with Crippen LogP contribution in [0.5, 0.6) is 0 Å². The predicted molar refractivity (Wildman–Crippen MR) is 110 cm³/mol. The van der Waals surface area contributed by atoms with Gasteiger partial charge in [-0.1, -0.05) is 17.3 Å². The Morgan fingerprint density at radius 1 is 1.21 bits per heavy atom. The van der Waals surface area contributed by atoms with Gasteiger partial charge in [0.05, 0.1) is 16.1 Å². The van der Waals surface area contributed by atoms with Gasteiger partial charge in [0.2, 0.25) is 0 Å². The molecular weight excluding hydrogens is 463 g/mol. The number of ether oxygens (including phenoxy) is 1. The fraction of sp³-hybridized carbons (Fsp3) is 0.150. The molecule has 1 N–H and O–H groups in total. The highest BCUT2D eigenvalue weighted by Gasteiger charge is 2.31. The number of nitrogens with one attached hydrogen (secondary N) is 1. The van der Waals surface area contributed by atoms with Crippen LogP contribution in [0.25, 0.3) is 16.4 Å². The Labute approximate surface area is 187 Å². The van der Waals surface area contributed by atoms with Gasteiger partial charge < -0.3 is 14.6 Å². The van der Waals surface area contributed by atoms with E-state index in [0.29, 0.717) is 10.6 Å². The van der Waals surface area contributed by atoms with Gasteiger partial charge in [0.1, 0.15) is 5.76 Å². The Hall–Kier alpha value is -4.00. The zero-order valence-corrected chi connectivity index (χ0v) is 17.6. The Bertz CT molecular complexity index is 1300. The summed E-state index contributed by atoms with van der Waals surface area (Å²) in [4.78, 5) is 29.1. The lowest BCUT2D eigenvalue weighted by atomic mass is 10.2. The van der Waals surface area contributed by atoms with E-state index in [0.717, 1.165) is 16.8 Å². The quantitative estimate of drug-likeness (QED) is 0.416. The number of carbonyl (C=O) groups is 2. The van der Waals surface area contributed by atoms with E-state index < -0.39 is 36.0 Å². The van der Waals surface area contributed by atoms with Crippen molar-refractivity contribution >= 4 is 29.0 Å². The zero-order valence-electron chi connectivity index (χ0n) is 16.8. The average molecular weight is 477 g/mol. The zero-order chi connectivity index (χ0) is 23.6. The van der Waals surface area contributed by atoms with Crippen molar-refractivity contribution in [2.75, 3.05) is 11.9 Å². The number of carbonyl (C=O) groups excluding carboxylic acids is 2. The number of hydrogen-bond acceptors (Lipinski definition) is 8. The van der Waals surface area contributed by atoms with Crippen LogP contribution in [0.2, 0.25) is 0 Å². The Morgan fingerprint density at radius 3 is 2.70 bits per heavy atom. The molecule has 170 valence electrons. The van der Waals surface area contributed by atoms with Gasteiger partial charge >= 0.3 is 12.1 Å². The molecule has 0 radical (unpaired) electrons. The molecule has 1 aromatic carbocycles. The number of aryl methyl sites for hydroxylation is 1. The average Bonchev–Trinajstić information content (AvgIpc) is 3.52. The number of hydrogen-bond donors (Lipinski definition) is 1. The second kappa shape index (κ2) is 8.86. The summed E-state index contributed by atoms with van der Waals surface area (Å²) in [6.07, 6.45) is -4.56. The fourth-order valence-electron chi connectivity index (χ4n) is 2.76. The molecule has 0 fully saturated rings. The van der Waals surface area contributed by atoms with Crippen LogP contribution in [-0.4, -0.2) is 38.4 Å². The summed E-state index contributed by atoms with van der Waals surface area (Å²) in [5.41, 5.74) is -0.824. The summed E-state index contributed by atoms with van der Waals surface area (Å²) in [7, 11) is 0. The smallest absolute Gasteiger partial charge is 0.416 e. The largest absolute Gasteiger partial charge is 0.450 e. The molecule has 0 atom stereocenters. The molecule has 1 amide bonds. The van der Waals surface area contributed by atoms with E-state index in [9.17, 15) is 22.8 Å². The summed E-state index contributed by atoms with van der Waals surface area (Å²) in [6.45, 7) is 0.984. The first kappa shape index (κ1) is 22.2. The molecule has 0 saturated heterocycles. The molecule has 4 rings (SSSR count). The minimum absolute atomic E-state index is 0.0546. The second-order valence-electron chi connectivity index (χ2n) is 6.64. The molecular formula is C20H14F3N5O4S. The van der Waals surface area contributed by atoms with E-state index in [1.165, 1.54) is 29.5 Å². The SMILES string of the molecule is Cc1cc(NC(=O)COC(=O)c2nc(-c3cccs3)n(-c3cccc(C(F)(F)F)c3)n2)no1. The number of esters is 1. The molecule has 0 bridgehead atoms. The van der Waals surface area contributed by atoms with Gasteiger partial charge in [-0.15, -0.1) is 16.4 Å². The number of nitrogens with zero attached hydrogens (tertiary/aromatic N) is 4. The number of aromatic nitrogens is 4. The number of rotatable bonds is 6. The van der Waals surface area contributed by atoms with Gasteiger partial charge in [-0.3, -0.25) is 4.79 Å². The summed E-state index contributed by atoms with van der Waals surface area (Å²) < 4.78 is 50.4. The van der Waals surface area contributed by atoms with E-state index >= 15 is 0 Å². The van der Waals surface area contributed by atoms with Gasteiger partial charge in [-0.2, -0.15) is 18.2 Å². The van der Waals surface area contributed by atoms with Crippen LogP contribution in [0.4, 0.5) is 19.0 Å². The van der Waals surface area contributed by atoms with E-state index in [-0.39, 0.29) is 17.3 Å². The maximum Gasteiger partial charge on any atom is 0.416 e. The molecule has 13 heteroatoms. The third-order valence-corrected chi connectivity index (χ3v) is 5.04. The summed E-state index contributed by atoms with van der Waals surface area (Å²) in [6, 6.07) is 9.34. The minimum Gasteiger partial charge on any atom is -0.450 e. The monoisotopic (exact) mass is 477 g/mol. The third kappa shape index (κ3) is 5.09. The van der Waals surface area contributed by atoms with Crippen LogP contribution in [0.3, 0.4) is 0 Å². The molecule has 0 saturated carbocycles. The van der Waals surface area contributed by atoms with Gasteiger partial charge in [0.15, 0.2) is 18.2 Å². The number of benzene rings is 1. The van der Waals surface area contributed by atoms with Crippen LogP contribution in [0.1, 0.15) is 21.9 Å². The van der Waals surface area contributed by atoms with Crippen LogP contribution < -0.4 is 5.32 Å². The number of amides is 1. The van der Waals surface area contributed by atoms with Crippen molar-refractivity contribution in [3.05, 3.63) is 65.0 Å². The Balaban J connectivity index is 1.57. The molecule has 4 aromatic rings. The molecule has 0 aliphatic heterocycles. The number of thiophene rings is 1. The van der Waals surface area contributed by atoms with E-state index in [1.54, 1.807) is 24.4 Å². The van der Waals surface area contributed by atoms with Crippen molar-refractivity contribution in [3.8, 4) is 16.4 Å². The second-order valence-corrected chi connectivity index (χ2v) is 7.59. The van der Waals surface area contributed by atoms with Crippen LogP contribution in [0, 0.1) is 6.92 Å². The highest BCUT2D eigenvalue weighted by Crippen LogP contribution is 2.32. The number of alkyl halides is 3. The lowest BCUT2D eigenvalue weighted by Crippen LogP contribution is -2.21. The summed E-state index contributed by atoms with van der Waals surface area (Å²) >= 11 is 1.26. The Kier molecular flexibility index (Phi) is 5.96. The first-order valence-electron chi connectivity index (χ1n) is 9.29. The first-order chi connectivity index (χ1) is 15.7. The lowest BCUT2D eigenvalue weighted by Gasteiger charge is -2.09. The lowest BCUT2D eigenvalue weighted by molar-refractivity contribution is -0.137. The van der Waals surface area contributed by atoms with Gasteiger partial charge in [0.25, 0.3) is 11.7 Å². The van der Waals surface area contributed by atoms with Crippen LogP contribution in [0.15, 0.2) is 52.4 Å². The molecule has 3 aromatic heterocycles. The van der Waals surface area contributed by atoms with Crippen molar-refractivity contribution in [1.82, 2.24) is 19.9 Å². The van der Waals surface area contributed by atoms with E-state index in [1.807, 2.05) is 0 Å². The highest BCUT2D eigenvalue weighted by atomic mass is 32.1. The van der Waals surface area contributed by atoms with Gasteiger partial charge in [-0.05, 0) is 36.6 Å². The van der Waals surface area contributed by atoms with Crippen molar-refractivity contribution in [2.24, 2.45) is 0 Å². The predicted octanol–water partition coefficient (Wildman–Crippen LogP) is 4.11. The first-order valence-corrected chi connectivity index (χ1v) is 10.2. The summed E-state index contributed by atoms with van der Waals surface area (Å²) in [5.74, 6) is -1.33. The Morgan fingerprint density at radius 2 is 2.03 bits per heavy atom. The fourth-order valence-corrected chi connectivity index (χ4v) is 3.46. The maximum atomic E-state index is 13.2. The van der Waals surface area contributed by atoms with Crippen LogP contribution >= 0.6 is 11.3 Å². The van der Waals surface area contributed by atoms with E-state index in [2.05, 4.69) is 20.6 Å². The van der Waals surface area contributed by atoms with E-state index in [4.69, 9.17) is 9.26 Å². The minimum atomic E-state index is -4.56. The number of halogens is 3. The maximum absolute atomic E-state index is 13.2. The standard InChI is InChI=1S/C20H14F3N5O4S/c1-11-8-15(27-32-11)24-16(29)10-31-19(30)17-25-18(14-6-3-7-33-14)28(26-17)13-5-2-4-12(9-13)20(21,22)23/h2-9H,10H2,1H3,(H,24,27,29). The molecule has 0 aliphatic rings. The molecule has 0 aliphatic carbocycles. The molecule has 9 nitrogen and oxygen atoms in total. The van der Waals surface area contributed by atoms with Crippen molar-refractivity contribution < 1.29 is 32.0 Å². The van der Waals surface area contributed by atoms with Crippen molar-refractivity contribution in [1.29, 1.82) is 0 Å². The molecule has 0 spiro atoms. The van der Waals surface area contributed by atoms with Crippen molar-refractivity contribution in [3.63, 3.8) is 0 Å². The van der Waals surface area contributed by atoms with Crippen LogP contribution in [-0.2, 0) is 15.7 Å². The summed E-state index contributed by atoms with van der Waals surface area (Å²) in [5, 5.41) is 11.8. The molecule has 3 heterocycles. The highest BCUT2D eigenvalue weighted by molar-refractivity contribution is 7.13. The number of anilines is 1.